The van der Waals surface area contributed by atoms with Crippen LogP contribution in [0.5, 0.6) is 11.5 Å². The third-order valence-corrected chi connectivity index (χ3v) is 7.33. The molecule has 0 saturated heterocycles. The summed E-state index contributed by atoms with van der Waals surface area (Å²) in [6.45, 7) is 0. The van der Waals surface area contributed by atoms with E-state index in [4.69, 9.17) is 10.00 Å². The van der Waals surface area contributed by atoms with E-state index >= 15 is 0 Å². The van der Waals surface area contributed by atoms with E-state index in [0.717, 1.165) is 39.4 Å². The number of para-hydroxylation sites is 2. The number of nitrogens with zero attached hydrogens (tertiary/aromatic N) is 2. The Labute approximate surface area is 232 Å². The van der Waals surface area contributed by atoms with Crippen LogP contribution >= 0.6 is 0 Å². The van der Waals surface area contributed by atoms with Crippen molar-refractivity contribution in [2.24, 2.45) is 0 Å². The lowest BCUT2D eigenvalue weighted by Crippen LogP contribution is -1.93. The Morgan fingerprint density at radius 2 is 0.850 bits per heavy atom. The zero-order valence-corrected chi connectivity index (χ0v) is 21.7. The Bertz CT molecular complexity index is 1940. The van der Waals surface area contributed by atoms with Gasteiger partial charge in [-0.1, -0.05) is 84.9 Å². The first-order valence-electron chi connectivity index (χ1n) is 13.2. The number of fused-ring (bicyclic) bond motifs is 3. The van der Waals surface area contributed by atoms with Crippen molar-refractivity contribution in [2.45, 2.75) is 0 Å². The van der Waals surface area contributed by atoms with Crippen molar-refractivity contribution in [3.63, 3.8) is 0 Å². The van der Waals surface area contributed by atoms with Crippen molar-refractivity contribution >= 4 is 21.8 Å². The van der Waals surface area contributed by atoms with Gasteiger partial charge in [0.2, 0.25) is 0 Å². The van der Waals surface area contributed by atoms with Gasteiger partial charge in [-0.05, 0) is 82.9 Å². The fourth-order valence-corrected chi connectivity index (χ4v) is 5.31. The van der Waals surface area contributed by atoms with Crippen LogP contribution in [0.1, 0.15) is 5.56 Å². The molecule has 0 radical (unpaired) electrons. The third kappa shape index (κ3) is 4.28. The first-order valence-corrected chi connectivity index (χ1v) is 13.2. The second-order valence-corrected chi connectivity index (χ2v) is 9.76. The third-order valence-electron chi connectivity index (χ3n) is 7.33. The Morgan fingerprint density at radius 3 is 1.30 bits per heavy atom. The van der Waals surface area contributed by atoms with Gasteiger partial charge in [0.05, 0.1) is 22.7 Å². The molecule has 0 amide bonds. The van der Waals surface area contributed by atoms with Crippen LogP contribution < -0.4 is 4.74 Å². The van der Waals surface area contributed by atoms with E-state index in [-0.39, 0.29) is 0 Å². The molecule has 0 spiro atoms. The summed E-state index contributed by atoms with van der Waals surface area (Å²) in [4.78, 5) is 0. The predicted octanol–water partition coefficient (Wildman–Crippen LogP) is 9.78. The molecule has 3 nitrogen and oxygen atoms in total. The highest BCUT2D eigenvalue weighted by molar-refractivity contribution is 6.09. The molecule has 0 aliphatic carbocycles. The largest absolute Gasteiger partial charge is 0.457 e. The van der Waals surface area contributed by atoms with Gasteiger partial charge in [-0.15, -0.1) is 0 Å². The van der Waals surface area contributed by atoms with Crippen LogP contribution in [0.2, 0.25) is 0 Å². The highest BCUT2D eigenvalue weighted by Crippen LogP contribution is 2.33. The molecular weight excluding hydrogens is 488 g/mol. The molecule has 3 heteroatoms. The quantitative estimate of drug-likeness (QED) is 0.230. The molecule has 0 bridgehead atoms. The minimum Gasteiger partial charge on any atom is -0.457 e. The van der Waals surface area contributed by atoms with Crippen molar-refractivity contribution in [1.29, 1.82) is 5.26 Å². The zero-order valence-electron chi connectivity index (χ0n) is 21.7. The van der Waals surface area contributed by atoms with Gasteiger partial charge < -0.3 is 9.30 Å². The molecule has 1 aromatic heterocycles. The fraction of sp³-hybridized carbons (Fsp3) is 0. The van der Waals surface area contributed by atoms with Gasteiger partial charge in [0.25, 0.3) is 0 Å². The fourth-order valence-electron chi connectivity index (χ4n) is 5.31. The van der Waals surface area contributed by atoms with Gasteiger partial charge in [0.1, 0.15) is 11.5 Å². The van der Waals surface area contributed by atoms with Crippen LogP contribution in [-0.4, -0.2) is 4.57 Å². The number of benzene rings is 6. The van der Waals surface area contributed by atoms with Gasteiger partial charge in [-0.25, -0.2) is 0 Å². The molecule has 0 aliphatic rings. The molecule has 188 valence electrons. The maximum absolute atomic E-state index is 9.00. The first kappa shape index (κ1) is 23.5. The van der Waals surface area contributed by atoms with Gasteiger partial charge in [-0.2, -0.15) is 5.26 Å². The Kier molecular flexibility index (Phi) is 5.85. The summed E-state index contributed by atoms with van der Waals surface area (Å²) in [5, 5.41) is 11.5. The van der Waals surface area contributed by atoms with E-state index in [1.165, 1.54) is 21.8 Å². The van der Waals surface area contributed by atoms with Crippen molar-refractivity contribution in [2.75, 3.05) is 0 Å². The molecular formula is C37H24N2O. The summed E-state index contributed by atoms with van der Waals surface area (Å²) in [5.74, 6) is 1.57. The maximum Gasteiger partial charge on any atom is 0.127 e. The highest BCUT2D eigenvalue weighted by Gasteiger charge is 2.11. The van der Waals surface area contributed by atoms with Crippen molar-refractivity contribution in [1.82, 2.24) is 4.57 Å². The highest BCUT2D eigenvalue weighted by atomic mass is 16.5. The molecule has 40 heavy (non-hydrogen) atoms. The molecule has 0 atom stereocenters. The van der Waals surface area contributed by atoms with E-state index < -0.39 is 0 Å². The summed E-state index contributed by atoms with van der Waals surface area (Å²) in [6, 6.07) is 51.8. The number of hydrogen-bond acceptors (Lipinski definition) is 2. The SMILES string of the molecule is N#Cc1ccc(-c2ccc(Oc3ccc(-c4ccc(-n5c6ccccc6c6ccccc65)cc4)cc3)cc2)cc1. The van der Waals surface area contributed by atoms with Crippen LogP contribution in [0.25, 0.3) is 49.7 Å². The smallest absolute Gasteiger partial charge is 0.127 e. The number of nitriles is 1. The number of aromatic nitrogens is 1. The van der Waals surface area contributed by atoms with E-state index in [9.17, 15) is 0 Å². The number of rotatable bonds is 5. The summed E-state index contributed by atoms with van der Waals surface area (Å²) in [5.41, 5.74) is 8.67. The average Bonchev–Trinajstić information content (AvgIpc) is 3.36. The molecule has 0 unspecified atom stereocenters. The lowest BCUT2D eigenvalue weighted by Gasteiger charge is -2.10. The Hall–Kier alpha value is -5.59. The number of ether oxygens (including phenoxy) is 1. The van der Waals surface area contributed by atoms with E-state index in [0.29, 0.717) is 5.56 Å². The standard InChI is InChI=1S/C37H24N2O/c38-25-26-9-11-27(12-10-26)29-15-21-32(22-16-29)40-33-23-17-30(18-24-33)28-13-19-31(20-14-28)39-36-7-3-1-5-34(36)35-6-2-4-8-37(35)39/h1-24H. The van der Waals surface area contributed by atoms with Gasteiger partial charge in [0, 0.05) is 16.5 Å². The average molecular weight is 513 g/mol. The first-order chi connectivity index (χ1) is 19.8. The minimum absolute atomic E-state index is 0.659. The van der Waals surface area contributed by atoms with Crippen LogP contribution in [0.4, 0.5) is 0 Å². The Balaban J connectivity index is 1.10. The monoisotopic (exact) mass is 512 g/mol. The van der Waals surface area contributed by atoms with Gasteiger partial charge in [0.15, 0.2) is 0 Å². The van der Waals surface area contributed by atoms with Gasteiger partial charge >= 0.3 is 0 Å². The van der Waals surface area contributed by atoms with Crippen molar-refractivity contribution < 1.29 is 4.74 Å². The molecule has 0 aliphatic heterocycles. The second-order valence-electron chi connectivity index (χ2n) is 9.76. The maximum atomic E-state index is 9.00. The number of hydrogen-bond donors (Lipinski definition) is 0. The van der Waals surface area contributed by atoms with E-state index in [1.807, 2.05) is 60.7 Å². The van der Waals surface area contributed by atoms with Crippen molar-refractivity contribution in [3.8, 4) is 45.5 Å². The van der Waals surface area contributed by atoms with Crippen LogP contribution in [0, 0.1) is 11.3 Å². The summed E-state index contributed by atoms with van der Waals surface area (Å²) < 4.78 is 8.43. The van der Waals surface area contributed by atoms with Crippen LogP contribution in [0.3, 0.4) is 0 Å². The molecule has 0 fully saturated rings. The normalized spacial score (nSPS) is 11.0. The lowest BCUT2D eigenvalue weighted by atomic mass is 10.0. The summed E-state index contributed by atoms with van der Waals surface area (Å²) in [7, 11) is 0. The zero-order chi connectivity index (χ0) is 26.9. The molecule has 1 heterocycles. The van der Waals surface area contributed by atoms with Crippen LogP contribution in [0.15, 0.2) is 146 Å². The molecule has 0 N–H and O–H groups in total. The molecule has 0 saturated carbocycles. The lowest BCUT2D eigenvalue weighted by molar-refractivity contribution is 0.483. The van der Waals surface area contributed by atoms with Crippen LogP contribution in [-0.2, 0) is 0 Å². The molecule has 6 aromatic carbocycles. The summed E-state index contributed by atoms with van der Waals surface area (Å²) in [6.07, 6.45) is 0. The summed E-state index contributed by atoms with van der Waals surface area (Å²) >= 11 is 0. The van der Waals surface area contributed by atoms with Crippen molar-refractivity contribution in [3.05, 3.63) is 151 Å². The molecule has 7 rings (SSSR count). The predicted molar refractivity (Wildman–Crippen MR) is 163 cm³/mol. The minimum atomic E-state index is 0.659. The topological polar surface area (TPSA) is 37.9 Å². The van der Waals surface area contributed by atoms with E-state index in [1.54, 1.807) is 0 Å². The molecule has 7 aromatic rings. The Morgan fingerprint density at radius 1 is 0.450 bits per heavy atom. The van der Waals surface area contributed by atoms with Gasteiger partial charge in [-0.3, -0.25) is 0 Å². The second kappa shape index (κ2) is 9.94. The van der Waals surface area contributed by atoms with E-state index in [2.05, 4.69) is 95.6 Å².